The minimum absolute atomic E-state index is 0.387. The van der Waals surface area contributed by atoms with Crippen LogP contribution in [-0.2, 0) is 0 Å². The highest BCUT2D eigenvalue weighted by Gasteiger charge is 2.27. The summed E-state index contributed by atoms with van der Waals surface area (Å²) in [5.74, 6) is 2.57. The summed E-state index contributed by atoms with van der Waals surface area (Å²) in [6.07, 6.45) is 7.89. The molecule has 3 atom stereocenters. The molecule has 1 aliphatic carbocycles. The van der Waals surface area contributed by atoms with Gasteiger partial charge in [0.25, 0.3) is 0 Å². The summed E-state index contributed by atoms with van der Waals surface area (Å²) < 4.78 is 0. The molecule has 13 heavy (non-hydrogen) atoms. The molecule has 1 heteroatoms. The van der Waals surface area contributed by atoms with Crippen LogP contribution in [0.25, 0.3) is 0 Å². The van der Waals surface area contributed by atoms with Gasteiger partial charge in [0.15, 0.2) is 0 Å². The standard InChI is InChI=1S/C12H24O/c1-3-10(2)12-7-5-4-6-11(12)8-9-13/h10-13H,3-9H2,1-2H3. The van der Waals surface area contributed by atoms with Crippen LogP contribution in [0.1, 0.15) is 52.4 Å². The van der Waals surface area contributed by atoms with Crippen molar-refractivity contribution in [2.75, 3.05) is 6.61 Å². The number of hydrogen-bond acceptors (Lipinski definition) is 1. The first-order chi connectivity index (χ1) is 6.29. The zero-order chi connectivity index (χ0) is 9.68. The predicted molar refractivity (Wildman–Crippen MR) is 56.6 cm³/mol. The van der Waals surface area contributed by atoms with Gasteiger partial charge in [-0.05, 0) is 30.6 Å². The molecule has 0 spiro atoms. The van der Waals surface area contributed by atoms with Gasteiger partial charge in [-0.3, -0.25) is 0 Å². The van der Waals surface area contributed by atoms with Gasteiger partial charge < -0.3 is 5.11 Å². The van der Waals surface area contributed by atoms with Gasteiger partial charge in [0, 0.05) is 6.61 Å². The van der Waals surface area contributed by atoms with E-state index in [1.165, 1.54) is 32.1 Å². The number of aliphatic hydroxyl groups is 1. The maximum absolute atomic E-state index is 8.99. The molecule has 0 radical (unpaired) electrons. The topological polar surface area (TPSA) is 20.2 Å². The predicted octanol–water partition coefficient (Wildman–Crippen LogP) is 3.22. The van der Waals surface area contributed by atoms with Crippen LogP contribution in [0.5, 0.6) is 0 Å². The molecule has 3 unspecified atom stereocenters. The zero-order valence-electron chi connectivity index (χ0n) is 9.13. The summed E-state index contributed by atoms with van der Waals surface area (Å²) in [7, 11) is 0. The Morgan fingerprint density at radius 3 is 2.62 bits per heavy atom. The highest BCUT2D eigenvalue weighted by atomic mass is 16.3. The van der Waals surface area contributed by atoms with Gasteiger partial charge in [-0.15, -0.1) is 0 Å². The summed E-state index contributed by atoms with van der Waals surface area (Å²) in [6.45, 7) is 5.05. The Balaban J connectivity index is 2.45. The average Bonchev–Trinajstić information content (AvgIpc) is 2.18. The third-order valence-corrected chi connectivity index (χ3v) is 3.84. The molecule has 1 rings (SSSR count). The molecule has 1 fully saturated rings. The third kappa shape index (κ3) is 2.98. The van der Waals surface area contributed by atoms with Gasteiger partial charge in [0.05, 0.1) is 0 Å². The van der Waals surface area contributed by atoms with E-state index < -0.39 is 0 Å². The van der Waals surface area contributed by atoms with E-state index in [9.17, 15) is 0 Å². The summed E-state index contributed by atoms with van der Waals surface area (Å²) in [5.41, 5.74) is 0. The lowest BCUT2D eigenvalue weighted by Gasteiger charge is -2.35. The van der Waals surface area contributed by atoms with Crippen LogP contribution in [-0.4, -0.2) is 11.7 Å². The minimum Gasteiger partial charge on any atom is -0.396 e. The van der Waals surface area contributed by atoms with Crippen LogP contribution >= 0.6 is 0 Å². The van der Waals surface area contributed by atoms with E-state index in [1.807, 2.05) is 0 Å². The smallest absolute Gasteiger partial charge is 0.0433 e. The van der Waals surface area contributed by atoms with Crippen molar-refractivity contribution >= 4 is 0 Å². The van der Waals surface area contributed by atoms with Gasteiger partial charge in [-0.25, -0.2) is 0 Å². The van der Waals surface area contributed by atoms with Crippen molar-refractivity contribution in [2.24, 2.45) is 17.8 Å². The van der Waals surface area contributed by atoms with Crippen LogP contribution in [0.15, 0.2) is 0 Å². The highest BCUT2D eigenvalue weighted by molar-refractivity contribution is 4.78. The largest absolute Gasteiger partial charge is 0.396 e. The first-order valence-electron chi connectivity index (χ1n) is 5.90. The van der Waals surface area contributed by atoms with E-state index in [2.05, 4.69) is 13.8 Å². The fraction of sp³-hybridized carbons (Fsp3) is 1.00. The Labute approximate surface area is 82.5 Å². The normalized spacial score (nSPS) is 31.6. The van der Waals surface area contributed by atoms with Crippen molar-refractivity contribution in [3.63, 3.8) is 0 Å². The Morgan fingerprint density at radius 2 is 2.00 bits per heavy atom. The fourth-order valence-corrected chi connectivity index (χ4v) is 2.81. The summed E-state index contributed by atoms with van der Waals surface area (Å²) in [5, 5.41) is 8.99. The lowest BCUT2D eigenvalue weighted by molar-refractivity contribution is 0.132. The monoisotopic (exact) mass is 184 g/mol. The van der Waals surface area contributed by atoms with E-state index in [1.54, 1.807) is 0 Å². The second-order valence-corrected chi connectivity index (χ2v) is 4.61. The van der Waals surface area contributed by atoms with Gasteiger partial charge in [-0.1, -0.05) is 39.5 Å². The molecule has 0 aromatic rings. The van der Waals surface area contributed by atoms with E-state index in [0.717, 1.165) is 24.2 Å². The summed E-state index contributed by atoms with van der Waals surface area (Å²) in [6, 6.07) is 0. The second kappa shape index (κ2) is 5.64. The number of hydrogen-bond donors (Lipinski definition) is 1. The minimum atomic E-state index is 0.387. The van der Waals surface area contributed by atoms with E-state index >= 15 is 0 Å². The Bertz CT molecular complexity index is 131. The van der Waals surface area contributed by atoms with Gasteiger partial charge in [0.2, 0.25) is 0 Å². The van der Waals surface area contributed by atoms with Gasteiger partial charge in [0.1, 0.15) is 0 Å². The molecule has 0 aliphatic heterocycles. The van der Waals surface area contributed by atoms with Gasteiger partial charge in [-0.2, -0.15) is 0 Å². The van der Waals surface area contributed by atoms with E-state index in [4.69, 9.17) is 5.11 Å². The SMILES string of the molecule is CCC(C)C1CCCCC1CCO. The molecule has 0 aromatic heterocycles. The molecule has 78 valence electrons. The molecular weight excluding hydrogens is 160 g/mol. The Kier molecular flexibility index (Phi) is 4.79. The van der Waals surface area contributed by atoms with Crippen molar-refractivity contribution < 1.29 is 5.11 Å². The third-order valence-electron chi connectivity index (χ3n) is 3.84. The van der Waals surface area contributed by atoms with Crippen LogP contribution in [0.2, 0.25) is 0 Å². The lowest BCUT2D eigenvalue weighted by atomic mass is 9.71. The van der Waals surface area contributed by atoms with Crippen LogP contribution in [0, 0.1) is 17.8 Å². The van der Waals surface area contributed by atoms with Crippen LogP contribution in [0.4, 0.5) is 0 Å². The highest BCUT2D eigenvalue weighted by Crippen LogP contribution is 2.37. The van der Waals surface area contributed by atoms with Crippen LogP contribution < -0.4 is 0 Å². The maximum Gasteiger partial charge on any atom is 0.0433 e. The van der Waals surface area contributed by atoms with Crippen molar-refractivity contribution in [3.8, 4) is 0 Å². The molecule has 0 saturated heterocycles. The van der Waals surface area contributed by atoms with Crippen molar-refractivity contribution in [3.05, 3.63) is 0 Å². The van der Waals surface area contributed by atoms with Crippen molar-refractivity contribution in [1.82, 2.24) is 0 Å². The molecular formula is C12H24O. The fourth-order valence-electron chi connectivity index (χ4n) is 2.81. The second-order valence-electron chi connectivity index (χ2n) is 4.61. The molecule has 1 nitrogen and oxygen atoms in total. The lowest BCUT2D eigenvalue weighted by Crippen LogP contribution is -2.26. The van der Waals surface area contributed by atoms with E-state index in [0.29, 0.717) is 6.61 Å². The molecule has 0 aromatic carbocycles. The Hall–Kier alpha value is -0.0400. The number of rotatable bonds is 4. The van der Waals surface area contributed by atoms with Crippen LogP contribution in [0.3, 0.4) is 0 Å². The molecule has 0 amide bonds. The van der Waals surface area contributed by atoms with Crippen molar-refractivity contribution in [1.29, 1.82) is 0 Å². The Morgan fingerprint density at radius 1 is 1.31 bits per heavy atom. The first-order valence-corrected chi connectivity index (χ1v) is 5.90. The number of aliphatic hydroxyl groups excluding tert-OH is 1. The summed E-state index contributed by atoms with van der Waals surface area (Å²) >= 11 is 0. The zero-order valence-corrected chi connectivity index (χ0v) is 9.13. The van der Waals surface area contributed by atoms with Crippen molar-refractivity contribution in [2.45, 2.75) is 52.4 Å². The quantitative estimate of drug-likeness (QED) is 0.711. The average molecular weight is 184 g/mol. The first kappa shape index (κ1) is 11.0. The summed E-state index contributed by atoms with van der Waals surface area (Å²) in [4.78, 5) is 0. The van der Waals surface area contributed by atoms with E-state index in [-0.39, 0.29) is 0 Å². The van der Waals surface area contributed by atoms with Gasteiger partial charge >= 0.3 is 0 Å². The molecule has 1 saturated carbocycles. The molecule has 0 heterocycles. The maximum atomic E-state index is 8.99. The molecule has 1 N–H and O–H groups in total. The molecule has 1 aliphatic rings. The molecule has 0 bridgehead atoms.